The van der Waals surface area contributed by atoms with Gasteiger partial charge >= 0.3 is 0 Å². The molecule has 8 nitrogen and oxygen atoms in total. The number of amidine groups is 1. The van der Waals surface area contributed by atoms with Crippen molar-refractivity contribution in [1.82, 2.24) is 10.2 Å². The average Bonchev–Trinajstić information content (AvgIpc) is 2.84. The highest BCUT2D eigenvalue weighted by Crippen LogP contribution is 2.45. The summed E-state index contributed by atoms with van der Waals surface area (Å²) in [4.78, 5) is 26.2. The zero-order valence-corrected chi connectivity index (χ0v) is 21.8. The van der Waals surface area contributed by atoms with Gasteiger partial charge in [-0.15, -0.1) is 0 Å². The van der Waals surface area contributed by atoms with Gasteiger partial charge in [0.2, 0.25) is 5.91 Å². The second-order valence-corrected chi connectivity index (χ2v) is 8.81. The number of likely N-dealkylation sites (N-methyl/N-ethyl adjacent to an activating group) is 1. The first-order valence-electron chi connectivity index (χ1n) is 10.8. The van der Waals surface area contributed by atoms with Gasteiger partial charge < -0.3 is 25.0 Å². The number of ether oxygens (including phenoxy) is 2. The van der Waals surface area contributed by atoms with Crippen molar-refractivity contribution in [3.63, 3.8) is 0 Å². The van der Waals surface area contributed by atoms with Gasteiger partial charge in [-0.2, -0.15) is 0 Å². The molecule has 0 bridgehead atoms. The first-order valence-corrected chi connectivity index (χ1v) is 11.6. The zero-order valence-electron chi connectivity index (χ0n) is 20.2. The summed E-state index contributed by atoms with van der Waals surface area (Å²) in [5.41, 5.74) is 2.65. The molecule has 3 N–H and O–H groups in total. The number of rotatable bonds is 8. The van der Waals surface area contributed by atoms with E-state index in [0.29, 0.717) is 49.5 Å². The van der Waals surface area contributed by atoms with E-state index in [4.69, 9.17) is 38.1 Å². The fourth-order valence-electron chi connectivity index (χ4n) is 3.39. The molecule has 0 aliphatic rings. The highest BCUT2D eigenvalue weighted by molar-refractivity contribution is 6.41. The third kappa shape index (κ3) is 6.34. The van der Waals surface area contributed by atoms with Gasteiger partial charge in [0.15, 0.2) is 0 Å². The van der Waals surface area contributed by atoms with Crippen LogP contribution in [0.15, 0.2) is 54.6 Å². The lowest BCUT2D eigenvalue weighted by molar-refractivity contribution is -0.116. The molecule has 0 saturated carbocycles. The maximum absolute atomic E-state index is 12.6. The van der Waals surface area contributed by atoms with Gasteiger partial charge in [-0.1, -0.05) is 47.5 Å². The third-order valence-corrected chi connectivity index (χ3v) is 5.92. The Bertz CT molecular complexity index is 1250. The van der Waals surface area contributed by atoms with Crippen molar-refractivity contribution in [2.75, 3.05) is 40.2 Å². The van der Waals surface area contributed by atoms with Crippen molar-refractivity contribution in [1.29, 1.82) is 5.41 Å². The highest BCUT2D eigenvalue weighted by Gasteiger charge is 2.19. The Kier molecular flexibility index (Phi) is 8.93. The van der Waals surface area contributed by atoms with E-state index in [1.807, 2.05) is 0 Å². The third-order valence-electron chi connectivity index (χ3n) is 5.17. The van der Waals surface area contributed by atoms with Crippen molar-refractivity contribution in [2.45, 2.75) is 0 Å². The quantitative estimate of drug-likeness (QED) is 0.284. The molecule has 3 rings (SSSR count). The summed E-state index contributed by atoms with van der Waals surface area (Å²) >= 11 is 13.0. The van der Waals surface area contributed by atoms with Crippen molar-refractivity contribution in [2.24, 2.45) is 0 Å². The highest BCUT2D eigenvalue weighted by atomic mass is 35.5. The van der Waals surface area contributed by atoms with E-state index in [1.165, 1.54) is 14.2 Å². The minimum atomic E-state index is -0.445. The molecular weight excluding hydrogens is 503 g/mol. The van der Waals surface area contributed by atoms with Crippen LogP contribution in [0.1, 0.15) is 15.9 Å². The summed E-state index contributed by atoms with van der Waals surface area (Å²) in [5, 5.41) is 14.3. The summed E-state index contributed by atoms with van der Waals surface area (Å²) in [6.45, 7) is 0.252. The van der Waals surface area contributed by atoms with Crippen LogP contribution in [-0.2, 0) is 4.79 Å². The molecule has 0 fully saturated rings. The Balaban J connectivity index is 1.72. The maximum Gasteiger partial charge on any atom is 0.256 e. The molecule has 0 heterocycles. The molecule has 0 aromatic heterocycles. The summed E-state index contributed by atoms with van der Waals surface area (Å²) in [7, 11) is 6.60. The number of hydrogen-bond acceptors (Lipinski definition) is 6. The Labute approximate surface area is 219 Å². The Morgan fingerprint density at radius 1 is 0.889 bits per heavy atom. The molecule has 0 unspecified atom stereocenters. The van der Waals surface area contributed by atoms with E-state index in [0.717, 1.165) is 0 Å². The van der Waals surface area contributed by atoms with Crippen LogP contribution in [0, 0.1) is 5.41 Å². The van der Waals surface area contributed by atoms with E-state index in [2.05, 4.69) is 10.6 Å². The number of carbonyl (C=O) groups is 2. The first kappa shape index (κ1) is 27.0. The van der Waals surface area contributed by atoms with Gasteiger partial charge in [-0.3, -0.25) is 15.0 Å². The van der Waals surface area contributed by atoms with Crippen LogP contribution in [0.5, 0.6) is 11.5 Å². The zero-order chi connectivity index (χ0) is 26.4. The molecule has 36 heavy (non-hydrogen) atoms. The second kappa shape index (κ2) is 11.9. The molecule has 0 aliphatic heterocycles. The standard InChI is InChI=1S/C26H26Cl2N4O4/c1-32(2)14-21(33)30-18-11-9-17(10-12-18)26(34)31-25(29)16-7-5-15(6-8-16)22-23(27)19(35-3)13-20(36-4)24(22)28/h5-13H,14H2,1-4H3,(H,30,33)(H2,29,31,34). The molecule has 0 saturated heterocycles. The van der Waals surface area contributed by atoms with Crippen LogP contribution in [0.2, 0.25) is 10.0 Å². The first-order chi connectivity index (χ1) is 17.1. The maximum atomic E-state index is 12.6. The van der Waals surface area contributed by atoms with Gasteiger partial charge in [0.1, 0.15) is 17.3 Å². The molecule has 188 valence electrons. The van der Waals surface area contributed by atoms with Crippen LogP contribution in [0.25, 0.3) is 11.1 Å². The monoisotopic (exact) mass is 528 g/mol. The smallest absolute Gasteiger partial charge is 0.256 e. The Morgan fingerprint density at radius 3 is 1.92 bits per heavy atom. The Hall–Kier alpha value is -3.59. The normalized spacial score (nSPS) is 10.6. The predicted molar refractivity (Wildman–Crippen MR) is 143 cm³/mol. The predicted octanol–water partition coefficient (Wildman–Crippen LogP) is 4.93. The average molecular weight is 529 g/mol. The van der Waals surface area contributed by atoms with Crippen LogP contribution in [0.3, 0.4) is 0 Å². The topological polar surface area (TPSA) is 104 Å². The van der Waals surface area contributed by atoms with E-state index in [1.54, 1.807) is 73.6 Å². The number of halogens is 2. The number of amides is 2. The van der Waals surface area contributed by atoms with Gasteiger partial charge in [-0.25, -0.2) is 0 Å². The van der Waals surface area contributed by atoms with Crippen LogP contribution in [0.4, 0.5) is 5.69 Å². The van der Waals surface area contributed by atoms with E-state index < -0.39 is 5.91 Å². The molecule has 3 aromatic rings. The second-order valence-electron chi connectivity index (χ2n) is 8.05. The molecule has 0 aliphatic carbocycles. The van der Waals surface area contributed by atoms with E-state index in [-0.39, 0.29) is 18.3 Å². The van der Waals surface area contributed by atoms with Gasteiger partial charge in [-0.05, 0) is 43.9 Å². The van der Waals surface area contributed by atoms with E-state index >= 15 is 0 Å². The van der Waals surface area contributed by atoms with Gasteiger partial charge in [0, 0.05) is 28.4 Å². The van der Waals surface area contributed by atoms with Crippen LogP contribution < -0.4 is 20.1 Å². The van der Waals surface area contributed by atoms with Crippen molar-refractivity contribution in [3.8, 4) is 22.6 Å². The summed E-state index contributed by atoms with van der Waals surface area (Å²) < 4.78 is 10.6. The molecule has 0 atom stereocenters. The summed E-state index contributed by atoms with van der Waals surface area (Å²) in [6.07, 6.45) is 0. The number of nitrogens with zero attached hydrogens (tertiary/aromatic N) is 1. The van der Waals surface area contributed by atoms with Crippen LogP contribution >= 0.6 is 23.2 Å². The van der Waals surface area contributed by atoms with Crippen molar-refractivity contribution in [3.05, 3.63) is 75.8 Å². The van der Waals surface area contributed by atoms with E-state index in [9.17, 15) is 9.59 Å². The van der Waals surface area contributed by atoms with Crippen molar-refractivity contribution >= 4 is 46.5 Å². The number of methoxy groups -OCH3 is 2. The van der Waals surface area contributed by atoms with Crippen molar-refractivity contribution < 1.29 is 19.1 Å². The Morgan fingerprint density at radius 2 is 1.42 bits per heavy atom. The fraction of sp³-hybridized carbons (Fsp3) is 0.192. The lowest BCUT2D eigenvalue weighted by Gasteiger charge is -2.15. The minimum absolute atomic E-state index is 0.0738. The number of hydrogen-bond donors (Lipinski definition) is 3. The summed E-state index contributed by atoms with van der Waals surface area (Å²) in [6, 6.07) is 14.9. The van der Waals surface area contributed by atoms with Gasteiger partial charge in [0.25, 0.3) is 5.91 Å². The molecule has 0 radical (unpaired) electrons. The fourth-order valence-corrected chi connectivity index (χ4v) is 4.11. The lowest BCUT2D eigenvalue weighted by atomic mass is 10.0. The number of nitrogens with one attached hydrogen (secondary N) is 3. The molecule has 0 spiro atoms. The SMILES string of the molecule is COc1cc(OC)c(Cl)c(-c2ccc(C(=N)NC(=O)c3ccc(NC(=O)CN(C)C)cc3)cc2)c1Cl. The van der Waals surface area contributed by atoms with Gasteiger partial charge in [0.05, 0.1) is 30.8 Å². The number of carbonyl (C=O) groups excluding carboxylic acids is 2. The lowest BCUT2D eigenvalue weighted by Crippen LogP contribution is -2.30. The van der Waals surface area contributed by atoms with Crippen LogP contribution in [-0.4, -0.2) is 57.4 Å². The molecule has 10 heteroatoms. The molecule has 3 aromatic carbocycles. The molecule has 2 amide bonds. The minimum Gasteiger partial charge on any atom is -0.495 e. The molecular formula is C26H26Cl2N4O4. The largest absolute Gasteiger partial charge is 0.495 e. The summed E-state index contributed by atoms with van der Waals surface area (Å²) in [5.74, 6) is 0.159. The number of anilines is 1. The number of benzene rings is 3.